The van der Waals surface area contributed by atoms with Gasteiger partial charge in [0.15, 0.2) is 5.69 Å². The molecule has 1 atom stereocenters. The quantitative estimate of drug-likeness (QED) is 0.649. The van der Waals surface area contributed by atoms with Crippen molar-refractivity contribution in [1.29, 1.82) is 0 Å². The molecule has 1 N–H and O–H groups in total. The van der Waals surface area contributed by atoms with Crippen LogP contribution in [0.15, 0.2) is 18.2 Å². The number of halogens is 1. The van der Waals surface area contributed by atoms with Gasteiger partial charge >= 0.3 is 0 Å². The number of carbonyl (C=O) groups is 2. The van der Waals surface area contributed by atoms with Crippen molar-refractivity contribution in [1.82, 2.24) is 19.6 Å². The number of aliphatic hydroxyl groups is 1. The van der Waals surface area contributed by atoms with E-state index in [0.717, 1.165) is 36.1 Å². The monoisotopic (exact) mass is 500 g/mol. The first-order valence-electron chi connectivity index (χ1n) is 12.7. The van der Waals surface area contributed by atoms with Crippen molar-refractivity contribution < 1.29 is 28.6 Å². The average Bonchev–Trinajstić information content (AvgIpc) is 3.50. The number of aromatic nitrogens is 2. The molecular formula is C26H33FN4O5. The zero-order valence-corrected chi connectivity index (χ0v) is 20.6. The summed E-state index contributed by atoms with van der Waals surface area (Å²) in [5.74, 6) is 0.218. The molecule has 1 aliphatic carbocycles. The third kappa shape index (κ3) is 5.10. The number of hydrogen-bond acceptors (Lipinski definition) is 6. The van der Waals surface area contributed by atoms with Crippen molar-refractivity contribution in [2.45, 2.75) is 57.8 Å². The first-order chi connectivity index (χ1) is 17.4. The molecule has 2 aromatic rings. The molecule has 10 heteroatoms. The molecule has 3 aliphatic rings. The van der Waals surface area contributed by atoms with Crippen molar-refractivity contribution >= 4 is 11.8 Å². The van der Waals surface area contributed by atoms with Gasteiger partial charge in [0.2, 0.25) is 5.91 Å². The number of fused-ring (bicyclic) bond motifs is 1. The van der Waals surface area contributed by atoms with Crippen LogP contribution in [0.25, 0.3) is 0 Å². The van der Waals surface area contributed by atoms with E-state index in [-0.39, 0.29) is 43.0 Å². The van der Waals surface area contributed by atoms with Gasteiger partial charge in [-0.05, 0) is 49.9 Å². The van der Waals surface area contributed by atoms with Crippen LogP contribution < -0.4 is 4.74 Å². The van der Waals surface area contributed by atoms with Crippen LogP contribution >= 0.6 is 0 Å². The van der Waals surface area contributed by atoms with Crippen molar-refractivity contribution in [3.05, 3.63) is 46.5 Å². The van der Waals surface area contributed by atoms with E-state index in [2.05, 4.69) is 5.10 Å². The van der Waals surface area contributed by atoms with Crippen LogP contribution in [-0.2, 0) is 28.9 Å². The van der Waals surface area contributed by atoms with Gasteiger partial charge in [0, 0.05) is 50.3 Å². The molecule has 1 aromatic carbocycles. The fraction of sp³-hybridized carbons (Fsp3) is 0.577. The fourth-order valence-electron chi connectivity index (χ4n) is 5.35. The van der Waals surface area contributed by atoms with E-state index >= 15 is 0 Å². The maximum Gasteiger partial charge on any atom is 0.274 e. The van der Waals surface area contributed by atoms with Crippen LogP contribution in [0.4, 0.5) is 4.39 Å². The number of likely N-dealkylation sites (tertiary alicyclic amines) is 1. The molecule has 2 amide bonds. The van der Waals surface area contributed by atoms with E-state index < -0.39 is 0 Å². The highest BCUT2D eigenvalue weighted by molar-refractivity contribution is 5.94. The number of nitrogens with zero attached hydrogens (tertiary/aromatic N) is 4. The normalized spacial score (nSPS) is 20.5. The molecule has 5 rings (SSSR count). The summed E-state index contributed by atoms with van der Waals surface area (Å²) in [7, 11) is 0. The Morgan fingerprint density at radius 3 is 2.75 bits per heavy atom. The highest BCUT2D eigenvalue weighted by Crippen LogP contribution is 2.28. The second-order valence-electron chi connectivity index (χ2n) is 9.82. The van der Waals surface area contributed by atoms with Gasteiger partial charge < -0.3 is 24.4 Å². The lowest BCUT2D eigenvalue weighted by Crippen LogP contribution is -2.47. The molecular weight excluding hydrogens is 467 g/mol. The summed E-state index contributed by atoms with van der Waals surface area (Å²) in [5.41, 5.74) is 3.11. The average molecular weight is 501 g/mol. The molecule has 0 radical (unpaired) electrons. The summed E-state index contributed by atoms with van der Waals surface area (Å²) in [6, 6.07) is 4.51. The Bertz CT molecular complexity index is 1130. The number of benzene rings is 1. The lowest BCUT2D eigenvalue weighted by atomic mass is 10.1. The highest BCUT2D eigenvalue weighted by Gasteiger charge is 2.33. The summed E-state index contributed by atoms with van der Waals surface area (Å²) >= 11 is 0. The Morgan fingerprint density at radius 2 is 2.00 bits per heavy atom. The van der Waals surface area contributed by atoms with Gasteiger partial charge in [-0.3, -0.25) is 14.3 Å². The van der Waals surface area contributed by atoms with Crippen LogP contribution in [0.1, 0.15) is 46.6 Å². The third-order valence-corrected chi connectivity index (χ3v) is 7.35. The number of hydrogen-bond donors (Lipinski definition) is 1. The Labute approximate surface area is 209 Å². The minimum absolute atomic E-state index is 0.0191. The van der Waals surface area contributed by atoms with E-state index in [9.17, 15) is 19.1 Å². The molecule has 2 fully saturated rings. The summed E-state index contributed by atoms with van der Waals surface area (Å²) in [4.78, 5) is 29.9. The summed E-state index contributed by atoms with van der Waals surface area (Å²) in [6.45, 7) is 4.15. The number of amides is 2. The maximum absolute atomic E-state index is 13.4. The summed E-state index contributed by atoms with van der Waals surface area (Å²) in [6.07, 6.45) is 3.53. The number of rotatable bonds is 6. The summed E-state index contributed by atoms with van der Waals surface area (Å²) < 4.78 is 26.6. The van der Waals surface area contributed by atoms with Gasteiger partial charge in [-0.2, -0.15) is 5.10 Å². The molecule has 3 heterocycles. The van der Waals surface area contributed by atoms with Gasteiger partial charge in [-0.1, -0.05) is 0 Å². The Balaban J connectivity index is 1.20. The topological polar surface area (TPSA) is 97.1 Å². The predicted molar refractivity (Wildman–Crippen MR) is 128 cm³/mol. The second-order valence-corrected chi connectivity index (χ2v) is 9.82. The molecule has 2 saturated heterocycles. The Hall–Kier alpha value is -2.98. The third-order valence-electron chi connectivity index (χ3n) is 7.35. The number of aliphatic hydroxyl groups excluding tert-OH is 1. The molecule has 0 spiro atoms. The van der Waals surface area contributed by atoms with Gasteiger partial charge in [-0.25, -0.2) is 4.39 Å². The molecule has 194 valence electrons. The van der Waals surface area contributed by atoms with E-state index in [1.165, 1.54) is 12.1 Å². The van der Waals surface area contributed by atoms with Crippen LogP contribution in [0, 0.1) is 12.7 Å². The largest absolute Gasteiger partial charge is 0.490 e. The first kappa shape index (κ1) is 24.7. The molecule has 0 unspecified atom stereocenters. The van der Waals surface area contributed by atoms with Crippen LogP contribution in [0.2, 0.25) is 0 Å². The molecule has 1 aromatic heterocycles. The van der Waals surface area contributed by atoms with E-state index in [0.29, 0.717) is 57.1 Å². The number of ether oxygens (including phenoxy) is 2. The number of piperidine rings is 1. The number of carbonyl (C=O) groups excluding carboxylic acids is 2. The van der Waals surface area contributed by atoms with E-state index in [1.807, 2.05) is 11.8 Å². The van der Waals surface area contributed by atoms with E-state index in [4.69, 9.17) is 9.47 Å². The zero-order valence-electron chi connectivity index (χ0n) is 20.6. The van der Waals surface area contributed by atoms with Crippen molar-refractivity contribution in [2.24, 2.45) is 0 Å². The summed E-state index contributed by atoms with van der Waals surface area (Å²) in [5, 5.41) is 14.0. The van der Waals surface area contributed by atoms with Gasteiger partial charge in [0.25, 0.3) is 5.91 Å². The zero-order chi connectivity index (χ0) is 25.2. The van der Waals surface area contributed by atoms with Crippen molar-refractivity contribution in [3.63, 3.8) is 0 Å². The minimum Gasteiger partial charge on any atom is -0.490 e. The molecule has 9 nitrogen and oxygen atoms in total. The number of morpholine rings is 1. The fourth-order valence-corrected chi connectivity index (χ4v) is 5.35. The van der Waals surface area contributed by atoms with Crippen molar-refractivity contribution in [3.8, 4) is 5.75 Å². The second kappa shape index (κ2) is 10.6. The first-order valence-corrected chi connectivity index (χ1v) is 12.7. The van der Waals surface area contributed by atoms with Crippen LogP contribution in [0.3, 0.4) is 0 Å². The smallest absolute Gasteiger partial charge is 0.274 e. The molecule has 0 saturated carbocycles. The molecule has 0 bridgehead atoms. The lowest BCUT2D eigenvalue weighted by Gasteiger charge is -2.32. The molecule has 2 aliphatic heterocycles. The Morgan fingerprint density at radius 1 is 1.19 bits per heavy atom. The lowest BCUT2D eigenvalue weighted by molar-refractivity contribution is -0.133. The van der Waals surface area contributed by atoms with Gasteiger partial charge in [-0.15, -0.1) is 0 Å². The van der Waals surface area contributed by atoms with Crippen molar-refractivity contribution in [2.75, 3.05) is 39.4 Å². The van der Waals surface area contributed by atoms with Crippen LogP contribution in [0.5, 0.6) is 5.75 Å². The number of aryl methyl sites for hydroxylation is 1. The Kier molecular flexibility index (Phi) is 7.25. The maximum atomic E-state index is 13.4. The highest BCUT2D eigenvalue weighted by atomic mass is 19.1. The minimum atomic E-state index is -0.377. The SMILES string of the molecule is Cc1cc(F)ccc1OC1CCN(C(=O)Cn2nc(C(=O)N3CCO[C@@H](CO)C3)c3c2CCC3)CC1. The van der Waals surface area contributed by atoms with Gasteiger partial charge in [0.1, 0.15) is 24.2 Å². The van der Waals surface area contributed by atoms with Crippen LogP contribution in [-0.4, -0.2) is 88.1 Å². The van der Waals surface area contributed by atoms with E-state index in [1.54, 1.807) is 15.6 Å². The van der Waals surface area contributed by atoms with Gasteiger partial charge in [0.05, 0.1) is 19.3 Å². The predicted octanol–water partition coefficient (Wildman–Crippen LogP) is 1.72. The molecule has 36 heavy (non-hydrogen) atoms. The standard InChI is InChI=1S/C26H33FN4O5/c1-17-13-18(27)5-6-23(17)36-19-7-9-29(10-8-19)24(33)15-31-22-4-2-3-21(22)25(28-31)26(34)30-11-12-35-20(14-30)16-32/h5-6,13,19-20,32H,2-4,7-12,14-16H2,1H3/t20-/m1/s1.